The Hall–Kier alpha value is -2.35. The second kappa shape index (κ2) is 5.69. The number of nitrogens with zero attached hydrogens (tertiary/aromatic N) is 2. The number of amides is 1. The number of nitrogens with two attached hydrogens (primary N) is 1. The fraction of sp³-hybridized carbons (Fsp3) is 0.533. The van der Waals surface area contributed by atoms with E-state index in [2.05, 4.69) is 0 Å². The summed E-state index contributed by atoms with van der Waals surface area (Å²) >= 11 is 0. The first-order valence-electron chi connectivity index (χ1n) is 7.45. The lowest BCUT2D eigenvalue weighted by molar-refractivity contribution is -0.119. The summed E-state index contributed by atoms with van der Waals surface area (Å²) < 4.78 is 10.1. The number of primary amides is 1. The van der Waals surface area contributed by atoms with Gasteiger partial charge in [0.1, 0.15) is 12.7 Å². The molecule has 0 unspecified atom stereocenters. The van der Waals surface area contributed by atoms with Crippen molar-refractivity contribution in [2.45, 2.75) is 13.0 Å². The van der Waals surface area contributed by atoms with Crippen LogP contribution in [0.5, 0.6) is 0 Å². The first-order valence-corrected chi connectivity index (χ1v) is 7.45. The molecule has 0 radical (unpaired) electrons. The molecular weight excluding hydrogens is 302 g/mol. The van der Waals surface area contributed by atoms with Crippen molar-refractivity contribution in [3.63, 3.8) is 0 Å². The Labute approximate surface area is 133 Å². The van der Waals surface area contributed by atoms with Crippen molar-refractivity contribution in [3.8, 4) is 0 Å². The first-order chi connectivity index (χ1) is 11.0. The molecule has 0 saturated carbocycles. The molecule has 0 bridgehead atoms. The number of rotatable bonds is 6. The maximum atomic E-state index is 13.0. The minimum Gasteiger partial charge on any atom is -0.447 e. The molecule has 0 aromatic heterocycles. The summed E-state index contributed by atoms with van der Waals surface area (Å²) in [5.41, 5.74) is 6.49. The fourth-order valence-electron chi connectivity index (χ4n) is 2.78. The maximum Gasteiger partial charge on any atom is 0.404 e. The lowest BCUT2D eigenvalue weighted by atomic mass is 9.88. The fourth-order valence-corrected chi connectivity index (χ4v) is 2.78. The molecule has 8 heteroatoms. The van der Waals surface area contributed by atoms with Gasteiger partial charge in [0.25, 0.3) is 0 Å². The number of carbonyl (C=O) groups is 3. The van der Waals surface area contributed by atoms with Crippen molar-refractivity contribution in [1.82, 2.24) is 9.80 Å². The van der Waals surface area contributed by atoms with E-state index in [0.717, 1.165) is 26.2 Å². The van der Waals surface area contributed by atoms with E-state index in [1.807, 2.05) is 9.80 Å². The van der Waals surface area contributed by atoms with Crippen molar-refractivity contribution >= 4 is 17.7 Å². The van der Waals surface area contributed by atoms with E-state index in [9.17, 15) is 14.4 Å². The first kappa shape index (κ1) is 15.5. The van der Waals surface area contributed by atoms with Crippen LogP contribution < -0.4 is 5.73 Å². The molecule has 2 fully saturated rings. The molecule has 0 aromatic carbocycles. The molecule has 2 aliphatic heterocycles. The Balaban J connectivity index is 1.99. The van der Waals surface area contributed by atoms with Crippen LogP contribution in [0, 0.1) is 0 Å². The Kier molecular flexibility index (Phi) is 3.85. The van der Waals surface area contributed by atoms with Gasteiger partial charge in [0.2, 0.25) is 11.6 Å². The van der Waals surface area contributed by atoms with Crippen LogP contribution in [0.3, 0.4) is 0 Å². The van der Waals surface area contributed by atoms with Gasteiger partial charge in [-0.3, -0.25) is 9.59 Å². The van der Waals surface area contributed by atoms with Crippen LogP contribution in [0.1, 0.15) is 6.92 Å². The monoisotopic (exact) mass is 321 g/mol. The molecule has 0 aromatic rings. The molecule has 8 nitrogen and oxygen atoms in total. The highest BCUT2D eigenvalue weighted by molar-refractivity contribution is 6.25. The lowest BCUT2D eigenvalue weighted by Crippen LogP contribution is -2.37. The third kappa shape index (κ3) is 2.81. The Morgan fingerprint density at radius 2 is 1.70 bits per heavy atom. The van der Waals surface area contributed by atoms with Gasteiger partial charge in [-0.1, -0.05) is 0 Å². The van der Waals surface area contributed by atoms with Crippen molar-refractivity contribution < 1.29 is 23.9 Å². The summed E-state index contributed by atoms with van der Waals surface area (Å²) in [5.74, 6) is -0.401. The lowest BCUT2D eigenvalue weighted by Gasteiger charge is -2.27. The molecule has 23 heavy (non-hydrogen) atoms. The van der Waals surface area contributed by atoms with E-state index >= 15 is 0 Å². The van der Waals surface area contributed by atoms with Crippen molar-refractivity contribution in [1.29, 1.82) is 0 Å². The number of methoxy groups -OCH3 is 1. The average Bonchev–Trinajstić information content (AvgIpc) is 3.36. The third-order valence-corrected chi connectivity index (χ3v) is 4.14. The summed E-state index contributed by atoms with van der Waals surface area (Å²) in [7, 11) is 1.40. The zero-order chi connectivity index (χ0) is 16.7. The highest BCUT2D eigenvalue weighted by Crippen LogP contribution is 2.35. The standard InChI is InChI=1S/C15H19N3O5/c1-8-11(17-3-4-17)14(20)10(9(22-2)7-23-15(16)21)12(13(8)19)18-5-6-18/h9H,3-7H2,1-2H3,(H2,16,21)/t9-/m1/s1. The van der Waals surface area contributed by atoms with E-state index in [1.165, 1.54) is 7.11 Å². The number of ketones is 2. The highest BCUT2D eigenvalue weighted by Gasteiger charge is 2.44. The topological polar surface area (TPSA) is 102 Å². The average molecular weight is 321 g/mol. The zero-order valence-corrected chi connectivity index (χ0v) is 13.1. The summed E-state index contributed by atoms with van der Waals surface area (Å²) in [6.45, 7) is 4.43. The van der Waals surface area contributed by atoms with E-state index < -0.39 is 12.2 Å². The van der Waals surface area contributed by atoms with Gasteiger partial charge < -0.3 is 25.0 Å². The molecule has 2 saturated heterocycles. The predicted molar refractivity (Wildman–Crippen MR) is 79.2 cm³/mol. The third-order valence-electron chi connectivity index (χ3n) is 4.14. The van der Waals surface area contributed by atoms with Crippen molar-refractivity contribution in [2.24, 2.45) is 5.73 Å². The second-order valence-electron chi connectivity index (χ2n) is 5.72. The van der Waals surface area contributed by atoms with Crippen LogP contribution >= 0.6 is 0 Å². The van der Waals surface area contributed by atoms with Gasteiger partial charge in [0.15, 0.2) is 0 Å². The molecular formula is C15H19N3O5. The molecule has 0 spiro atoms. The minimum atomic E-state index is -0.951. The van der Waals surface area contributed by atoms with Crippen molar-refractivity contribution in [2.75, 3.05) is 39.9 Å². The van der Waals surface area contributed by atoms with Gasteiger partial charge >= 0.3 is 6.09 Å². The molecule has 1 amide bonds. The second-order valence-corrected chi connectivity index (χ2v) is 5.72. The highest BCUT2D eigenvalue weighted by atomic mass is 16.6. The normalized spacial score (nSPS) is 21.8. The Morgan fingerprint density at radius 3 is 2.17 bits per heavy atom. The quantitative estimate of drug-likeness (QED) is 0.515. The smallest absolute Gasteiger partial charge is 0.404 e. The summed E-state index contributed by atoms with van der Waals surface area (Å²) in [4.78, 5) is 40.2. The molecule has 3 aliphatic rings. The van der Waals surface area contributed by atoms with Gasteiger partial charge in [-0.25, -0.2) is 4.79 Å². The SMILES string of the molecule is CO[C@H](COC(N)=O)C1=C(N2CC2)C(=O)C(C)=C(N2CC2)C1=O. The molecule has 3 rings (SSSR count). The molecule has 2 heterocycles. The number of carbonyl (C=O) groups excluding carboxylic acids is 3. The van der Waals surface area contributed by atoms with Gasteiger partial charge in [0, 0.05) is 38.9 Å². The molecule has 124 valence electrons. The van der Waals surface area contributed by atoms with Gasteiger partial charge in [-0.15, -0.1) is 0 Å². The minimum absolute atomic E-state index is 0.167. The maximum absolute atomic E-state index is 13.0. The van der Waals surface area contributed by atoms with Crippen LogP contribution in [0.2, 0.25) is 0 Å². The van der Waals surface area contributed by atoms with E-state index in [0.29, 0.717) is 17.0 Å². The van der Waals surface area contributed by atoms with Gasteiger partial charge in [-0.2, -0.15) is 0 Å². The largest absolute Gasteiger partial charge is 0.447 e. The summed E-state index contributed by atoms with van der Waals surface area (Å²) in [6.07, 6.45) is -1.77. The summed E-state index contributed by atoms with van der Waals surface area (Å²) in [5, 5.41) is 0. The van der Waals surface area contributed by atoms with Crippen molar-refractivity contribution in [3.05, 3.63) is 22.5 Å². The van der Waals surface area contributed by atoms with Gasteiger partial charge in [0.05, 0.1) is 17.0 Å². The van der Waals surface area contributed by atoms with Crippen LogP contribution in [0.4, 0.5) is 4.79 Å². The molecule has 1 atom stereocenters. The van der Waals surface area contributed by atoms with E-state index in [1.54, 1.807) is 6.92 Å². The predicted octanol–water partition coefficient (Wildman–Crippen LogP) is -0.592. The van der Waals surface area contributed by atoms with Crippen LogP contribution in [0.15, 0.2) is 22.5 Å². The van der Waals surface area contributed by atoms with Crippen LogP contribution in [0.25, 0.3) is 0 Å². The number of hydrogen-bond donors (Lipinski definition) is 1. The van der Waals surface area contributed by atoms with Crippen LogP contribution in [-0.2, 0) is 19.1 Å². The van der Waals surface area contributed by atoms with E-state index in [-0.39, 0.29) is 23.7 Å². The number of allylic oxidation sites excluding steroid dienone is 2. The van der Waals surface area contributed by atoms with Crippen LogP contribution in [-0.4, -0.2) is 73.5 Å². The molecule has 2 N–H and O–H groups in total. The Morgan fingerprint density at radius 1 is 1.13 bits per heavy atom. The number of ether oxygens (including phenoxy) is 2. The van der Waals surface area contributed by atoms with E-state index in [4.69, 9.17) is 15.2 Å². The Bertz CT molecular complexity index is 643. The number of hydrogen-bond acceptors (Lipinski definition) is 7. The summed E-state index contributed by atoms with van der Waals surface area (Å²) in [6, 6.07) is 0. The van der Waals surface area contributed by atoms with Gasteiger partial charge in [-0.05, 0) is 6.92 Å². The molecule has 1 aliphatic carbocycles. The zero-order valence-electron chi connectivity index (χ0n) is 13.1. The number of Topliss-reactive ketones (excluding diaryl/α,β-unsaturated/α-hetero) is 2.